The Kier molecular flexibility index (Phi) is 9.49. The average Bonchev–Trinajstić information content (AvgIpc) is 2.26. The van der Waals surface area contributed by atoms with E-state index in [1.807, 2.05) is 0 Å². The fourth-order valence-electron chi connectivity index (χ4n) is 1.83. The fourth-order valence-corrected chi connectivity index (χ4v) is 1.83. The van der Waals surface area contributed by atoms with Crippen LogP contribution in [0.4, 0.5) is 0 Å². The summed E-state index contributed by atoms with van der Waals surface area (Å²) < 4.78 is 0. The molecule has 0 saturated heterocycles. The lowest BCUT2D eigenvalue weighted by molar-refractivity contribution is -0.154. The molecule has 100 valence electrons. The summed E-state index contributed by atoms with van der Waals surface area (Å²) in [5.41, 5.74) is 0. The predicted octanol–water partition coefficient (Wildman–Crippen LogP) is 3.30. The first-order valence-corrected chi connectivity index (χ1v) is 6.55. The van der Waals surface area contributed by atoms with Crippen LogP contribution < -0.4 is 0 Å². The zero-order valence-electron chi connectivity index (χ0n) is 10.7. The van der Waals surface area contributed by atoms with Gasteiger partial charge in [0.05, 0.1) is 0 Å². The monoisotopic (exact) mass is 244 g/mol. The van der Waals surface area contributed by atoms with Gasteiger partial charge in [0, 0.05) is 0 Å². The third-order valence-electron chi connectivity index (χ3n) is 2.94. The van der Waals surface area contributed by atoms with Crippen molar-refractivity contribution in [2.24, 2.45) is 5.92 Å². The Hall–Kier alpha value is -1.06. The fraction of sp³-hybridized carbons (Fsp3) is 0.846. The molecule has 0 aliphatic carbocycles. The first kappa shape index (κ1) is 15.9. The van der Waals surface area contributed by atoms with Crippen molar-refractivity contribution >= 4 is 11.9 Å². The second kappa shape index (κ2) is 10.1. The highest BCUT2D eigenvalue weighted by molar-refractivity contribution is 5.92. The molecule has 0 spiro atoms. The van der Waals surface area contributed by atoms with Crippen LogP contribution in [0, 0.1) is 5.92 Å². The van der Waals surface area contributed by atoms with Crippen LogP contribution in [0.25, 0.3) is 0 Å². The van der Waals surface area contributed by atoms with Gasteiger partial charge in [0.1, 0.15) is 0 Å². The topological polar surface area (TPSA) is 74.6 Å². The lowest BCUT2D eigenvalue weighted by atomic mass is 10.0. The van der Waals surface area contributed by atoms with E-state index in [1.54, 1.807) is 0 Å². The molecule has 0 rings (SSSR count). The van der Waals surface area contributed by atoms with Crippen molar-refractivity contribution in [3.63, 3.8) is 0 Å². The van der Waals surface area contributed by atoms with Gasteiger partial charge in [-0.05, 0) is 6.42 Å². The van der Waals surface area contributed by atoms with Crippen LogP contribution in [-0.2, 0) is 9.59 Å². The van der Waals surface area contributed by atoms with Gasteiger partial charge < -0.3 is 10.2 Å². The van der Waals surface area contributed by atoms with E-state index >= 15 is 0 Å². The van der Waals surface area contributed by atoms with Crippen molar-refractivity contribution in [1.29, 1.82) is 0 Å². The molecule has 0 aromatic rings. The van der Waals surface area contributed by atoms with Crippen molar-refractivity contribution in [2.75, 3.05) is 0 Å². The van der Waals surface area contributed by atoms with Crippen molar-refractivity contribution in [3.8, 4) is 0 Å². The molecule has 2 N–H and O–H groups in total. The summed E-state index contributed by atoms with van der Waals surface area (Å²) in [5, 5.41) is 17.3. The van der Waals surface area contributed by atoms with Crippen LogP contribution in [0.2, 0.25) is 0 Å². The number of rotatable bonds is 11. The van der Waals surface area contributed by atoms with Gasteiger partial charge in [0.2, 0.25) is 0 Å². The normalized spacial score (nSPS) is 10.7. The summed E-state index contributed by atoms with van der Waals surface area (Å²) in [5.74, 6) is -3.67. The third-order valence-corrected chi connectivity index (χ3v) is 2.94. The van der Waals surface area contributed by atoms with E-state index in [9.17, 15) is 9.59 Å². The van der Waals surface area contributed by atoms with Crippen molar-refractivity contribution in [2.45, 2.75) is 64.7 Å². The number of carboxylic acids is 2. The Morgan fingerprint density at radius 1 is 0.824 bits per heavy atom. The van der Waals surface area contributed by atoms with Crippen LogP contribution in [0.15, 0.2) is 0 Å². The van der Waals surface area contributed by atoms with E-state index < -0.39 is 17.9 Å². The third kappa shape index (κ3) is 8.72. The van der Waals surface area contributed by atoms with E-state index in [-0.39, 0.29) is 6.42 Å². The number of hydrogen-bond acceptors (Lipinski definition) is 2. The molecule has 0 radical (unpaired) electrons. The molecule has 0 unspecified atom stereocenters. The first-order chi connectivity index (χ1) is 8.09. The minimum Gasteiger partial charge on any atom is -0.481 e. The van der Waals surface area contributed by atoms with E-state index in [4.69, 9.17) is 10.2 Å². The van der Waals surface area contributed by atoms with Gasteiger partial charge >= 0.3 is 11.9 Å². The Morgan fingerprint density at radius 2 is 1.24 bits per heavy atom. The maximum Gasteiger partial charge on any atom is 0.317 e. The Labute approximate surface area is 103 Å². The van der Waals surface area contributed by atoms with E-state index in [0.717, 1.165) is 12.8 Å². The summed E-state index contributed by atoms with van der Waals surface area (Å²) in [6.45, 7) is 2.18. The largest absolute Gasteiger partial charge is 0.481 e. The molecule has 0 aliphatic rings. The molecule has 4 nitrogen and oxygen atoms in total. The number of hydrogen-bond donors (Lipinski definition) is 2. The maximum absolute atomic E-state index is 10.6. The highest BCUT2D eigenvalue weighted by Gasteiger charge is 2.24. The van der Waals surface area contributed by atoms with Gasteiger partial charge in [-0.15, -0.1) is 0 Å². The quantitative estimate of drug-likeness (QED) is 0.432. The molecule has 0 amide bonds. The number of carbonyl (C=O) groups is 2. The minimum atomic E-state index is -1.23. The molecule has 0 heterocycles. The maximum atomic E-state index is 10.6. The van der Waals surface area contributed by atoms with E-state index in [0.29, 0.717) is 6.42 Å². The van der Waals surface area contributed by atoms with Gasteiger partial charge in [-0.3, -0.25) is 9.59 Å². The van der Waals surface area contributed by atoms with Crippen LogP contribution in [-0.4, -0.2) is 22.2 Å². The zero-order valence-corrected chi connectivity index (χ0v) is 10.7. The summed E-state index contributed by atoms with van der Waals surface area (Å²) in [4.78, 5) is 21.2. The number of unbranched alkanes of at least 4 members (excludes halogenated alkanes) is 7. The average molecular weight is 244 g/mol. The van der Waals surface area contributed by atoms with Gasteiger partial charge in [-0.1, -0.05) is 58.3 Å². The first-order valence-electron chi connectivity index (χ1n) is 6.55. The smallest absolute Gasteiger partial charge is 0.317 e. The molecule has 17 heavy (non-hydrogen) atoms. The second-order valence-corrected chi connectivity index (χ2v) is 4.49. The van der Waals surface area contributed by atoms with Crippen LogP contribution >= 0.6 is 0 Å². The van der Waals surface area contributed by atoms with Crippen molar-refractivity contribution in [1.82, 2.24) is 0 Å². The van der Waals surface area contributed by atoms with Crippen LogP contribution in [0.1, 0.15) is 64.7 Å². The summed E-state index contributed by atoms with van der Waals surface area (Å²) in [7, 11) is 0. The highest BCUT2D eigenvalue weighted by atomic mass is 16.4. The molecule has 0 aromatic heterocycles. The summed E-state index contributed by atoms with van der Waals surface area (Å²) in [6, 6.07) is 0. The minimum absolute atomic E-state index is 0.250. The lowest BCUT2D eigenvalue weighted by Crippen LogP contribution is -2.23. The molecule has 0 saturated carbocycles. The van der Waals surface area contributed by atoms with Crippen molar-refractivity contribution < 1.29 is 19.8 Å². The number of carboxylic acid groups (broad SMARTS) is 2. The van der Waals surface area contributed by atoms with Crippen LogP contribution in [0.5, 0.6) is 0 Å². The zero-order chi connectivity index (χ0) is 13.1. The van der Waals surface area contributed by atoms with Gasteiger partial charge in [0.15, 0.2) is 5.92 Å². The molecule has 0 fully saturated rings. The van der Waals surface area contributed by atoms with E-state index in [1.165, 1.54) is 32.1 Å². The molecular weight excluding hydrogens is 220 g/mol. The highest BCUT2D eigenvalue weighted by Crippen LogP contribution is 2.13. The molecule has 0 aromatic carbocycles. The Bertz CT molecular complexity index is 211. The lowest BCUT2D eigenvalue weighted by Gasteiger charge is -2.06. The van der Waals surface area contributed by atoms with Gasteiger partial charge in [0.25, 0.3) is 0 Å². The predicted molar refractivity (Wildman–Crippen MR) is 66.0 cm³/mol. The number of aliphatic carboxylic acids is 2. The second-order valence-electron chi connectivity index (χ2n) is 4.49. The molecule has 0 aliphatic heterocycles. The van der Waals surface area contributed by atoms with Crippen molar-refractivity contribution in [3.05, 3.63) is 0 Å². The van der Waals surface area contributed by atoms with Gasteiger partial charge in [-0.2, -0.15) is 0 Å². The Balaban J connectivity index is 3.43. The molecule has 0 atom stereocenters. The summed E-state index contributed by atoms with van der Waals surface area (Å²) in [6.07, 6.45) is 9.14. The molecule has 0 bridgehead atoms. The van der Waals surface area contributed by atoms with E-state index in [2.05, 4.69) is 6.92 Å². The summed E-state index contributed by atoms with van der Waals surface area (Å²) >= 11 is 0. The molecule has 4 heteroatoms. The SMILES string of the molecule is CCCCCCCCCCC(C(=O)O)C(=O)O. The standard InChI is InChI=1S/C13H24O4/c1-2-3-4-5-6-7-8-9-10-11(12(14)15)13(16)17/h11H,2-10H2,1H3,(H,14,15)(H,16,17). The van der Waals surface area contributed by atoms with Crippen LogP contribution in [0.3, 0.4) is 0 Å². The Morgan fingerprint density at radius 3 is 1.65 bits per heavy atom. The molecular formula is C13H24O4. The van der Waals surface area contributed by atoms with Gasteiger partial charge in [-0.25, -0.2) is 0 Å².